The van der Waals surface area contributed by atoms with Crippen LogP contribution in [-0.4, -0.2) is 47.5 Å². The highest BCUT2D eigenvalue weighted by atomic mass is 16.7. The lowest BCUT2D eigenvalue weighted by Crippen LogP contribution is -2.27. The molecule has 8 heteroatoms. The molecule has 8 nitrogen and oxygen atoms in total. The molecule has 2 atom stereocenters. The van der Waals surface area contributed by atoms with Gasteiger partial charge in [0.25, 0.3) is 0 Å². The summed E-state index contributed by atoms with van der Waals surface area (Å²) in [7, 11) is 0. The quantitative estimate of drug-likeness (QED) is 0.615. The molecule has 2 heterocycles. The Morgan fingerprint density at radius 2 is 2.21 bits per heavy atom. The van der Waals surface area contributed by atoms with Crippen molar-refractivity contribution in [2.75, 3.05) is 19.6 Å². The zero-order chi connectivity index (χ0) is 24.2. The van der Waals surface area contributed by atoms with E-state index in [9.17, 15) is 10.1 Å². The molecule has 2 aliphatic heterocycles. The summed E-state index contributed by atoms with van der Waals surface area (Å²) in [4.78, 5) is 18.8. The summed E-state index contributed by atoms with van der Waals surface area (Å²) in [6.07, 6.45) is 1.24. The van der Waals surface area contributed by atoms with Crippen LogP contribution in [0.2, 0.25) is 0 Å². The first-order chi connectivity index (χ1) is 16.4. The number of carboxylic acids is 1. The van der Waals surface area contributed by atoms with Crippen molar-refractivity contribution >= 4 is 11.8 Å². The second kappa shape index (κ2) is 10.1. The second-order valence-electron chi connectivity index (χ2n) is 8.95. The molecule has 2 unspecified atom stereocenters. The molecule has 1 saturated heterocycles. The largest absolute Gasteiger partial charge is 0.490 e. The molecule has 0 saturated carbocycles. The number of rotatable bonds is 8. The molecule has 4 rings (SSSR count). The van der Waals surface area contributed by atoms with Gasteiger partial charge in [0.2, 0.25) is 6.23 Å². The standard InChI is InChI=1S/C26H30N4O4/c1-4-20-21(18-10-11-30(14-18)15-24(31)32)6-5-7-22(20)25-28-26(34-29-25)17-8-9-23(33-16(2)3)19(12-17)13-27/h5-9,12,16,18,26H,4,10-11,14-15H2,1-3H3,(H,28,29)(H,31,32). The average molecular weight is 463 g/mol. The number of nitrogens with zero attached hydrogens (tertiary/aromatic N) is 3. The molecule has 0 spiro atoms. The third-order valence-electron chi connectivity index (χ3n) is 6.20. The maximum atomic E-state index is 11.1. The third kappa shape index (κ3) is 5.00. The molecule has 0 radical (unpaired) electrons. The van der Waals surface area contributed by atoms with Gasteiger partial charge in [0, 0.05) is 17.7 Å². The van der Waals surface area contributed by atoms with Crippen LogP contribution in [0.15, 0.2) is 41.6 Å². The lowest BCUT2D eigenvalue weighted by atomic mass is 9.89. The number of ether oxygens (including phenoxy) is 1. The van der Waals surface area contributed by atoms with E-state index in [0.29, 0.717) is 23.1 Å². The van der Waals surface area contributed by atoms with Gasteiger partial charge in [-0.05, 0) is 68.5 Å². The minimum Gasteiger partial charge on any atom is -0.490 e. The highest BCUT2D eigenvalue weighted by Gasteiger charge is 2.30. The van der Waals surface area contributed by atoms with E-state index in [1.165, 1.54) is 11.1 Å². The summed E-state index contributed by atoms with van der Waals surface area (Å²) >= 11 is 0. The number of carbonyl (C=O) groups is 1. The normalized spacial score (nSPS) is 19.9. The van der Waals surface area contributed by atoms with E-state index in [4.69, 9.17) is 14.7 Å². The second-order valence-corrected chi connectivity index (χ2v) is 8.95. The number of carboxylic acid groups (broad SMARTS) is 1. The minimum atomic E-state index is -0.791. The van der Waals surface area contributed by atoms with Gasteiger partial charge in [0.1, 0.15) is 11.8 Å². The predicted molar refractivity (Wildman–Crippen MR) is 128 cm³/mol. The van der Waals surface area contributed by atoms with Gasteiger partial charge < -0.3 is 20.0 Å². The van der Waals surface area contributed by atoms with Crippen LogP contribution < -0.4 is 10.1 Å². The molecule has 0 aliphatic carbocycles. The van der Waals surface area contributed by atoms with E-state index >= 15 is 0 Å². The monoisotopic (exact) mass is 462 g/mol. The smallest absolute Gasteiger partial charge is 0.317 e. The topological polar surface area (TPSA) is 107 Å². The zero-order valence-electron chi connectivity index (χ0n) is 19.7. The fourth-order valence-electron chi connectivity index (χ4n) is 4.73. The minimum absolute atomic E-state index is 0.0236. The number of amidine groups is 1. The van der Waals surface area contributed by atoms with Crippen molar-refractivity contribution in [2.45, 2.75) is 51.9 Å². The van der Waals surface area contributed by atoms with Crippen LogP contribution in [0.5, 0.6) is 5.75 Å². The third-order valence-corrected chi connectivity index (χ3v) is 6.20. The van der Waals surface area contributed by atoms with Gasteiger partial charge in [-0.1, -0.05) is 30.3 Å². The van der Waals surface area contributed by atoms with Gasteiger partial charge >= 0.3 is 5.97 Å². The molecule has 2 aromatic rings. The predicted octanol–water partition coefficient (Wildman–Crippen LogP) is 3.76. The number of oxime groups is 1. The Kier molecular flexibility index (Phi) is 7.03. The number of likely N-dealkylation sites (tertiary alicyclic amines) is 1. The van der Waals surface area contributed by atoms with Crippen molar-refractivity contribution in [3.8, 4) is 11.8 Å². The molecule has 0 bridgehead atoms. The Labute approximate surface area is 199 Å². The lowest BCUT2D eigenvalue weighted by Gasteiger charge is -2.19. The van der Waals surface area contributed by atoms with Crippen molar-refractivity contribution in [3.05, 3.63) is 64.2 Å². The van der Waals surface area contributed by atoms with Crippen LogP contribution in [0, 0.1) is 11.3 Å². The summed E-state index contributed by atoms with van der Waals surface area (Å²) in [5, 5.41) is 26.3. The van der Waals surface area contributed by atoms with E-state index in [-0.39, 0.29) is 12.6 Å². The highest BCUT2D eigenvalue weighted by Crippen LogP contribution is 2.33. The van der Waals surface area contributed by atoms with Crippen LogP contribution in [0.25, 0.3) is 0 Å². The van der Waals surface area contributed by atoms with Crippen LogP contribution in [-0.2, 0) is 16.1 Å². The first-order valence-electron chi connectivity index (χ1n) is 11.7. The number of nitrogens with one attached hydrogen (secondary N) is 1. The van der Waals surface area contributed by atoms with Gasteiger partial charge in [0.05, 0.1) is 18.2 Å². The molecule has 2 aliphatic rings. The van der Waals surface area contributed by atoms with E-state index in [1.54, 1.807) is 12.1 Å². The molecule has 34 heavy (non-hydrogen) atoms. The Balaban J connectivity index is 1.53. The number of hydrogen-bond acceptors (Lipinski definition) is 7. The van der Waals surface area contributed by atoms with Crippen molar-refractivity contribution in [3.63, 3.8) is 0 Å². The number of hydrogen-bond donors (Lipinski definition) is 2. The SMILES string of the molecule is CCc1c(C2=NOC(c3ccc(OC(C)C)c(C#N)c3)N2)cccc1C1CCN(CC(=O)O)C1. The van der Waals surface area contributed by atoms with Crippen LogP contribution >= 0.6 is 0 Å². The molecular weight excluding hydrogens is 432 g/mol. The summed E-state index contributed by atoms with van der Waals surface area (Å²) < 4.78 is 5.72. The maximum absolute atomic E-state index is 11.1. The zero-order valence-corrected chi connectivity index (χ0v) is 19.7. The Morgan fingerprint density at radius 3 is 2.91 bits per heavy atom. The van der Waals surface area contributed by atoms with E-state index in [2.05, 4.69) is 29.5 Å². The van der Waals surface area contributed by atoms with Crippen molar-refractivity contribution < 1.29 is 19.5 Å². The molecular formula is C26H30N4O4. The highest BCUT2D eigenvalue weighted by molar-refractivity contribution is 6.00. The molecule has 1 fully saturated rings. The number of nitriles is 1. The summed E-state index contributed by atoms with van der Waals surface area (Å²) in [6.45, 7) is 7.56. The Bertz CT molecular complexity index is 1140. The van der Waals surface area contributed by atoms with Crippen LogP contribution in [0.1, 0.15) is 67.2 Å². The summed E-state index contributed by atoms with van der Waals surface area (Å²) in [5.41, 5.74) is 4.66. The fraction of sp³-hybridized carbons (Fsp3) is 0.423. The number of benzene rings is 2. The van der Waals surface area contributed by atoms with Gasteiger partial charge in [0.15, 0.2) is 5.84 Å². The molecule has 0 aromatic heterocycles. The summed E-state index contributed by atoms with van der Waals surface area (Å²) in [5.74, 6) is 0.709. The molecule has 178 valence electrons. The van der Waals surface area contributed by atoms with Crippen LogP contribution in [0.4, 0.5) is 0 Å². The molecule has 2 aromatic carbocycles. The van der Waals surface area contributed by atoms with E-state index < -0.39 is 12.2 Å². The molecule has 0 amide bonds. The first-order valence-corrected chi connectivity index (χ1v) is 11.7. The van der Waals surface area contributed by atoms with E-state index in [0.717, 1.165) is 37.1 Å². The van der Waals surface area contributed by atoms with Crippen molar-refractivity contribution in [1.29, 1.82) is 5.26 Å². The first kappa shape index (κ1) is 23.6. The van der Waals surface area contributed by atoms with Gasteiger partial charge in [-0.15, -0.1) is 0 Å². The Morgan fingerprint density at radius 1 is 1.38 bits per heavy atom. The van der Waals surface area contributed by atoms with Crippen molar-refractivity contribution in [2.24, 2.45) is 5.16 Å². The average Bonchev–Trinajstić information content (AvgIpc) is 3.48. The van der Waals surface area contributed by atoms with Crippen LogP contribution in [0.3, 0.4) is 0 Å². The lowest BCUT2D eigenvalue weighted by molar-refractivity contribution is -0.138. The number of aliphatic carboxylic acids is 1. The van der Waals surface area contributed by atoms with Gasteiger partial charge in [-0.25, -0.2) is 0 Å². The fourth-order valence-corrected chi connectivity index (χ4v) is 4.73. The Hall–Kier alpha value is -3.57. The summed E-state index contributed by atoms with van der Waals surface area (Å²) in [6, 6.07) is 13.8. The van der Waals surface area contributed by atoms with Crippen molar-refractivity contribution in [1.82, 2.24) is 10.2 Å². The molecule has 2 N–H and O–H groups in total. The van der Waals surface area contributed by atoms with Gasteiger partial charge in [-0.3, -0.25) is 9.69 Å². The van der Waals surface area contributed by atoms with E-state index in [1.807, 2.05) is 36.9 Å². The maximum Gasteiger partial charge on any atom is 0.317 e. The van der Waals surface area contributed by atoms with Gasteiger partial charge in [-0.2, -0.15) is 5.26 Å².